The second-order valence-corrected chi connectivity index (χ2v) is 7.56. The first-order valence-electron chi connectivity index (χ1n) is 9.77. The number of hydrogen-bond acceptors (Lipinski definition) is 5. The van der Waals surface area contributed by atoms with E-state index in [4.69, 9.17) is 10.7 Å². The van der Waals surface area contributed by atoms with Crippen LogP contribution in [0.3, 0.4) is 0 Å². The molecule has 2 aromatic rings. The monoisotopic (exact) mass is 376 g/mol. The number of carbonyl (C=O) groups excluding carboxylic acids is 2. The number of piperidine rings is 1. The van der Waals surface area contributed by atoms with Crippen LogP contribution in [0.2, 0.25) is 0 Å². The molecule has 1 fully saturated rings. The number of allylic oxidation sites excluding steroid dienone is 1. The molecule has 144 valence electrons. The predicted molar refractivity (Wildman–Crippen MR) is 108 cm³/mol. The maximum Gasteiger partial charge on any atom is 0.225 e. The Kier molecular flexibility index (Phi) is 5.19. The number of aromatic nitrogens is 2. The SMILES string of the molecule is NC(=O)C1CCN(c2ncc3c(n2)CC(/C=C/c2ccccc2)CC3=O)CC1. The van der Waals surface area contributed by atoms with Gasteiger partial charge in [-0.15, -0.1) is 0 Å². The number of benzene rings is 1. The van der Waals surface area contributed by atoms with Crippen molar-refractivity contribution in [3.05, 3.63) is 59.4 Å². The fourth-order valence-electron chi connectivity index (χ4n) is 3.93. The van der Waals surface area contributed by atoms with Crippen LogP contribution in [0.4, 0.5) is 5.95 Å². The molecule has 1 aromatic carbocycles. The first-order chi connectivity index (χ1) is 13.6. The van der Waals surface area contributed by atoms with Gasteiger partial charge in [0.05, 0.1) is 11.3 Å². The van der Waals surface area contributed by atoms with Crippen molar-refractivity contribution >= 4 is 23.7 Å². The smallest absolute Gasteiger partial charge is 0.225 e. The van der Waals surface area contributed by atoms with Crippen LogP contribution in [0.15, 0.2) is 42.6 Å². The molecule has 1 aromatic heterocycles. The molecule has 0 saturated carbocycles. The Bertz CT molecular complexity index is 902. The molecule has 4 rings (SSSR count). The number of anilines is 1. The van der Waals surface area contributed by atoms with Crippen molar-refractivity contribution in [3.8, 4) is 0 Å². The lowest BCUT2D eigenvalue weighted by molar-refractivity contribution is -0.122. The zero-order valence-corrected chi connectivity index (χ0v) is 15.8. The van der Waals surface area contributed by atoms with Gasteiger partial charge in [-0.2, -0.15) is 0 Å². The van der Waals surface area contributed by atoms with E-state index in [2.05, 4.69) is 22.0 Å². The van der Waals surface area contributed by atoms with E-state index in [-0.39, 0.29) is 23.5 Å². The molecule has 1 aliphatic heterocycles. The normalized spacial score (nSPS) is 20.4. The van der Waals surface area contributed by atoms with E-state index in [9.17, 15) is 9.59 Å². The van der Waals surface area contributed by atoms with E-state index in [0.29, 0.717) is 31.0 Å². The van der Waals surface area contributed by atoms with Gasteiger partial charge in [0, 0.05) is 31.6 Å². The van der Waals surface area contributed by atoms with Gasteiger partial charge in [0.15, 0.2) is 5.78 Å². The number of carbonyl (C=O) groups is 2. The van der Waals surface area contributed by atoms with Gasteiger partial charge >= 0.3 is 0 Å². The minimum atomic E-state index is -0.232. The summed E-state index contributed by atoms with van der Waals surface area (Å²) in [6, 6.07) is 10.1. The van der Waals surface area contributed by atoms with Crippen LogP contribution in [0.25, 0.3) is 6.08 Å². The summed E-state index contributed by atoms with van der Waals surface area (Å²) in [7, 11) is 0. The van der Waals surface area contributed by atoms with Gasteiger partial charge in [0.2, 0.25) is 11.9 Å². The third-order valence-electron chi connectivity index (χ3n) is 5.60. The molecule has 0 spiro atoms. The predicted octanol–water partition coefficient (Wildman–Crippen LogP) is 2.64. The van der Waals surface area contributed by atoms with Crippen molar-refractivity contribution in [2.45, 2.75) is 25.7 Å². The molecule has 1 saturated heterocycles. The van der Waals surface area contributed by atoms with Crippen LogP contribution < -0.4 is 10.6 Å². The molecular formula is C22H24N4O2. The Labute approximate surface area is 164 Å². The molecule has 0 radical (unpaired) electrons. The number of Topliss-reactive ketones (excluding diaryl/α,β-unsaturated/α-hetero) is 1. The summed E-state index contributed by atoms with van der Waals surface area (Å²) in [5.41, 5.74) is 8.00. The van der Waals surface area contributed by atoms with Crippen LogP contribution in [0.5, 0.6) is 0 Å². The number of nitrogens with two attached hydrogens (primary N) is 1. The Morgan fingerprint density at radius 3 is 2.61 bits per heavy atom. The first-order valence-corrected chi connectivity index (χ1v) is 9.77. The second kappa shape index (κ2) is 7.92. The van der Waals surface area contributed by atoms with Gasteiger partial charge in [0.25, 0.3) is 0 Å². The number of primary amides is 1. The van der Waals surface area contributed by atoms with Crippen LogP contribution in [-0.4, -0.2) is 34.7 Å². The average molecular weight is 376 g/mol. The van der Waals surface area contributed by atoms with Crippen molar-refractivity contribution in [1.82, 2.24) is 9.97 Å². The minimum Gasteiger partial charge on any atom is -0.369 e. The molecule has 6 heteroatoms. The molecule has 1 unspecified atom stereocenters. The maximum absolute atomic E-state index is 12.5. The largest absolute Gasteiger partial charge is 0.369 e. The maximum atomic E-state index is 12.5. The number of fused-ring (bicyclic) bond motifs is 1. The standard InChI is InChI=1S/C22H24N4O2/c23-21(28)17-8-10-26(11-9-17)22-24-14-18-19(25-22)12-16(13-20(18)27)7-6-15-4-2-1-3-5-15/h1-7,14,16-17H,8-13H2,(H2,23,28)/b7-6+. The van der Waals surface area contributed by atoms with Gasteiger partial charge in [-0.3, -0.25) is 9.59 Å². The van der Waals surface area contributed by atoms with Crippen molar-refractivity contribution in [1.29, 1.82) is 0 Å². The van der Waals surface area contributed by atoms with Crippen LogP contribution in [-0.2, 0) is 11.2 Å². The van der Waals surface area contributed by atoms with E-state index >= 15 is 0 Å². The molecule has 6 nitrogen and oxygen atoms in total. The molecule has 2 aliphatic rings. The summed E-state index contributed by atoms with van der Waals surface area (Å²) in [6.07, 6.45) is 8.50. The highest BCUT2D eigenvalue weighted by molar-refractivity contribution is 5.98. The number of amides is 1. The fraction of sp³-hybridized carbons (Fsp3) is 0.364. The third-order valence-corrected chi connectivity index (χ3v) is 5.60. The highest BCUT2D eigenvalue weighted by Crippen LogP contribution is 2.28. The van der Waals surface area contributed by atoms with Gasteiger partial charge < -0.3 is 10.6 Å². The highest BCUT2D eigenvalue weighted by Gasteiger charge is 2.28. The van der Waals surface area contributed by atoms with E-state index in [1.165, 1.54) is 0 Å². The molecule has 1 amide bonds. The van der Waals surface area contributed by atoms with Crippen LogP contribution in [0.1, 0.15) is 40.9 Å². The van der Waals surface area contributed by atoms with Gasteiger partial charge in [-0.25, -0.2) is 9.97 Å². The van der Waals surface area contributed by atoms with Crippen molar-refractivity contribution < 1.29 is 9.59 Å². The lowest BCUT2D eigenvalue weighted by Crippen LogP contribution is -2.39. The average Bonchev–Trinajstić information content (AvgIpc) is 2.73. The van der Waals surface area contributed by atoms with Gasteiger partial charge in [-0.05, 0) is 30.7 Å². The Balaban J connectivity index is 1.48. The van der Waals surface area contributed by atoms with E-state index in [1.807, 2.05) is 30.3 Å². The van der Waals surface area contributed by atoms with Gasteiger partial charge in [-0.1, -0.05) is 42.5 Å². The Hall–Kier alpha value is -3.02. The van der Waals surface area contributed by atoms with Gasteiger partial charge in [0.1, 0.15) is 0 Å². The number of ketones is 1. The zero-order valence-electron chi connectivity index (χ0n) is 15.8. The second-order valence-electron chi connectivity index (χ2n) is 7.56. The summed E-state index contributed by atoms with van der Waals surface area (Å²) in [4.78, 5) is 35.1. The summed E-state index contributed by atoms with van der Waals surface area (Å²) in [5.74, 6) is 0.585. The topological polar surface area (TPSA) is 89.2 Å². The lowest BCUT2D eigenvalue weighted by Gasteiger charge is -2.31. The van der Waals surface area contributed by atoms with Crippen molar-refractivity contribution in [2.75, 3.05) is 18.0 Å². The third kappa shape index (κ3) is 3.96. The number of hydrogen-bond donors (Lipinski definition) is 1. The first kappa shape index (κ1) is 18.3. The summed E-state index contributed by atoms with van der Waals surface area (Å²) in [5, 5.41) is 0. The van der Waals surface area contributed by atoms with E-state index in [0.717, 1.165) is 30.5 Å². The molecule has 2 heterocycles. The molecular weight excluding hydrogens is 352 g/mol. The molecule has 28 heavy (non-hydrogen) atoms. The van der Waals surface area contributed by atoms with E-state index in [1.54, 1.807) is 6.20 Å². The Morgan fingerprint density at radius 2 is 1.89 bits per heavy atom. The number of nitrogens with zero attached hydrogens (tertiary/aromatic N) is 3. The van der Waals surface area contributed by atoms with Crippen molar-refractivity contribution in [3.63, 3.8) is 0 Å². The van der Waals surface area contributed by atoms with Crippen molar-refractivity contribution in [2.24, 2.45) is 17.6 Å². The quantitative estimate of drug-likeness (QED) is 0.886. The highest BCUT2D eigenvalue weighted by atomic mass is 16.1. The summed E-state index contributed by atoms with van der Waals surface area (Å²) >= 11 is 0. The van der Waals surface area contributed by atoms with Crippen LogP contribution >= 0.6 is 0 Å². The molecule has 2 N–H and O–H groups in total. The Morgan fingerprint density at radius 1 is 1.14 bits per heavy atom. The molecule has 1 atom stereocenters. The summed E-state index contributed by atoms with van der Waals surface area (Å²) in [6.45, 7) is 1.41. The van der Waals surface area contributed by atoms with E-state index < -0.39 is 0 Å². The molecule has 0 bridgehead atoms. The lowest BCUT2D eigenvalue weighted by atomic mass is 9.86. The number of rotatable bonds is 4. The van der Waals surface area contributed by atoms with Crippen LogP contribution in [0, 0.1) is 11.8 Å². The molecule has 1 aliphatic carbocycles. The fourth-order valence-corrected chi connectivity index (χ4v) is 3.93. The zero-order chi connectivity index (χ0) is 19.5. The minimum absolute atomic E-state index is 0.0667. The summed E-state index contributed by atoms with van der Waals surface area (Å²) < 4.78 is 0.